The second-order valence-corrected chi connectivity index (χ2v) is 7.33. The van der Waals surface area contributed by atoms with E-state index in [1.807, 2.05) is 0 Å². The molecule has 4 rings (SSSR count). The molecule has 8 heteroatoms. The van der Waals surface area contributed by atoms with Crippen LogP contribution >= 0.6 is 0 Å². The molecular formula is C18H11NO6S. The summed E-state index contributed by atoms with van der Waals surface area (Å²) in [6.07, 6.45) is 0. The van der Waals surface area contributed by atoms with E-state index in [-0.39, 0.29) is 37.7 Å². The minimum Gasteiger partial charge on any atom is -0.512 e. The van der Waals surface area contributed by atoms with Crippen LogP contribution in [-0.2, 0) is 10.1 Å². The van der Waals surface area contributed by atoms with Crippen molar-refractivity contribution in [3.63, 3.8) is 0 Å². The van der Waals surface area contributed by atoms with Gasteiger partial charge in [0.1, 0.15) is 10.7 Å². The van der Waals surface area contributed by atoms with Crippen LogP contribution in [0.3, 0.4) is 0 Å². The van der Waals surface area contributed by atoms with E-state index < -0.39 is 20.6 Å². The number of aromatic nitrogens is 1. The Morgan fingerprint density at radius 1 is 0.962 bits per heavy atom. The fourth-order valence-electron chi connectivity index (χ4n) is 3.37. The maximum absolute atomic E-state index is 12.8. The van der Waals surface area contributed by atoms with Crippen LogP contribution in [0.1, 0.15) is 6.92 Å². The lowest BCUT2D eigenvalue weighted by Crippen LogP contribution is -2.32. The molecule has 26 heavy (non-hydrogen) atoms. The van der Waals surface area contributed by atoms with Crippen molar-refractivity contribution < 1.29 is 18.1 Å². The zero-order chi connectivity index (χ0) is 18.8. The number of fused-ring (bicyclic) bond motifs is 2. The lowest BCUT2D eigenvalue weighted by Gasteiger charge is -2.08. The van der Waals surface area contributed by atoms with Gasteiger partial charge >= 0.3 is 0 Å². The molecule has 2 aromatic carbocycles. The molecule has 7 nitrogen and oxygen atoms in total. The van der Waals surface area contributed by atoms with Crippen LogP contribution in [0.5, 0.6) is 0 Å². The predicted molar refractivity (Wildman–Crippen MR) is 95.0 cm³/mol. The molecule has 2 N–H and O–H groups in total. The van der Waals surface area contributed by atoms with Crippen LogP contribution in [0.2, 0.25) is 0 Å². The molecule has 2 aromatic rings. The lowest BCUT2D eigenvalue weighted by atomic mass is 9.98. The summed E-state index contributed by atoms with van der Waals surface area (Å²) in [6, 6.07) is 8.85. The summed E-state index contributed by atoms with van der Waals surface area (Å²) in [7, 11) is -4.67. The van der Waals surface area contributed by atoms with Crippen LogP contribution in [0.25, 0.3) is 27.4 Å². The number of nitrogens with zero attached hydrogens (tertiary/aromatic N) is 1. The van der Waals surface area contributed by atoms with E-state index in [9.17, 15) is 27.7 Å². The molecule has 0 bridgehead atoms. The normalized spacial score (nSPS) is 13.6. The van der Waals surface area contributed by atoms with Gasteiger partial charge in [0.15, 0.2) is 5.43 Å². The lowest BCUT2D eigenvalue weighted by molar-refractivity contribution is 0.484. The summed E-state index contributed by atoms with van der Waals surface area (Å²) < 4.78 is 32.9. The molecular weight excluding hydrogens is 358 g/mol. The number of hydrogen-bond acceptors (Lipinski definition) is 6. The molecule has 1 heterocycles. The van der Waals surface area contributed by atoms with Crippen molar-refractivity contribution in [2.24, 2.45) is 0 Å². The van der Waals surface area contributed by atoms with Gasteiger partial charge in [-0.1, -0.05) is 24.3 Å². The first-order valence-electron chi connectivity index (χ1n) is 7.54. The van der Waals surface area contributed by atoms with E-state index in [2.05, 4.69) is 4.98 Å². The molecule has 1 aliphatic heterocycles. The summed E-state index contributed by atoms with van der Waals surface area (Å²) in [6.45, 7) is 1.31. The van der Waals surface area contributed by atoms with E-state index in [0.717, 1.165) is 6.07 Å². The van der Waals surface area contributed by atoms with Crippen LogP contribution < -0.4 is 16.2 Å². The first-order valence-corrected chi connectivity index (χ1v) is 8.98. The highest BCUT2D eigenvalue weighted by Gasteiger charge is 2.21. The zero-order valence-corrected chi connectivity index (χ0v) is 14.2. The first kappa shape index (κ1) is 16.4. The predicted octanol–water partition coefficient (Wildman–Crippen LogP) is 0.923. The zero-order valence-electron chi connectivity index (χ0n) is 13.3. The Morgan fingerprint density at radius 2 is 1.62 bits per heavy atom. The maximum Gasteiger partial charge on any atom is 0.296 e. The summed E-state index contributed by atoms with van der Waals surface area (Å²) in [5.74, 6) is -0.299. The average molecular weight is 369 g/mol. The summed E-state index contributed by atoms with van der Waals surface area (Å²) in [5.41, 5.74) is -1.50. The van der Waals surface area contributed by atoms with Crippen molar-refractivity contribution in [1.29, 1.82) is 0 Å². The molecule has 0 unspecified atom stereocenters. The van der Waals surface area contributed by atoms with Crippen LogP contribution in [-0.4, -0.2) is 23.1 Å². The highest BCUT2D eigenvalue weighted by molar-refractivity contribution is 7.86. The summed E-state index contributed by atoms with van der Waals surface area (Å²) in [4.78, 5) is 28.5. The number of rotatable bonds is 1. The molecule has 2 aliphatic rings. The largest absolute Gasteiger partial charge is 0.512 e. The summed E-state index contributed by atoms with van der Waals surface area (Å²) >= 11 is 0. The molecule has 0 saturated heterocycles. The van der Waals surface area contributed by atoms with Gasteiger partial charge in [0, 0.05) is 21.2 Å². The minimum atomic E-state index is -4.67. The third kappa shape index (κ3) is 2.09. The SMILES string of the molecule is CC(O)=c1c(=O)nc2c(S(=O)(=O)O)ccc3c2=c1c1ccccc1c3=O. The second kappa shape index (κ2) is 5.20. The van der Waals surface area contributed by atoms with Crippen molar-refractivity contribution in [1.82, 2.24) is 4.98 Å². The third-order valence-electron chi connectivity index (χ3n) is 4.39. The topological polar surface area (TPSA) is 122 Å². The third-order valence-corrected chi connectivity index (χ3v) is 5.28. The Bertz CT molecular complexity index is 1560. The van der Waals surface area contributed by atoms with Crippen molar-refractivity contribution in [3.05, 3.63) is 72.6 Å². The van der Waals surface area contributed by atoms with E-state index in [1.54, 1.807) is 24.3 Å². The quantitative estimate of drug-likeness (QED) is 0.479. The molecule has 0 radical (unpaired) electrons. The van der Waals surface area contributed by atoms with Gasteiger partial charge in [-0.2, -0.15) is 8.42 Å². The number of aliphatic hydroxyl groups is 1. The maximum atomic E-state index is 12.8. The Labute approximate surface area is 145 Å². The van der Waals surface area contributed by atoms with Crippen molar-refractivity contribution in [2.75, 3.05) is 0 Å². The van der Waals surface area contributed by atoms with E-state index in [1.165, 1.54) is 13.0 Å². The van der Waals surface area contributed by atoms with E-state index in [0.29, 0.717) is 10.8 Å². The average Bonchev–Trinajstić information content (AvgIpc) is 2.57. The number of hydrogen-bond donors (Lipinski definition) is 2. The summed E-state index contributed by atoms with van der Waals surface area (Å²) in [5, 5.41) is 11.2. The van der Waals surface area contributed by atoms with Gasteiger partial charge in [-0.15, -0.1) is 0 Å². The van der Waals surface area contributed by atoms with Gasteiger partial charge < -0.3 is 5.11 Å². The van der Waals surface area contributed by atoms with Gasteiger partial charge in [-0.3, -0.25) is 14.1 Å². The smallest absolute Gasteiger partial charge is 0.296 e. The molecule has 0 atom stereocenters. The van der Waals surface area contributed by atoms with Crippen LogP contribution in [0, 0.1) is 10.4 Å². The van der Waals surface area contributed by atoms with Gasteiger partial charge in [0.05, 0.1) is 10.7 Å². The number of aliphatic hydroxyl groups excluding tert-OH is 1. The Kier molecular flexibility index (Phi) is 3.27. The second-order valence-electron chi connectivity index (χ2n) is 5.94. The van der Waals surface area contributed by atoms with Gasteiger partial charge in [-0.25, -0.2) is 4.98 Å². The first-order chi connectivity index (χ1) is 12.2. The van der Waals surface area contributed by atoms with E-state index >= 15 is 0 Å². The van der Waals surface area contributed by atoms with Gasteiger partial charge in [-0.05, 0) is 24.4 Å². The van der Waals surface area contributed by atoms with Crippen molar-refractivity contribution >= 4 is 37.6 Å². The van der Waals surface area contributed by atoms with Crippen LogP contribution in [0.15, 0.2) is 50.9 Å². The Morgan fingerprint density at radius 3 is 2.23 bits per heavy atom. The molecule has 0 amide bonds. The van der Waals surface area contributed by atoms with Crippen LogP contribution in [0.4, 0.5) is 0 Å². The fraction of sp³-hybridized carbons (Fsp3) is 0.0556. The highest BCUT2D eigenvalue weighted by atomic mass is 32.2. The van der Waals surface area contributed by atoms with Gasteiger partial charge in [0.2, 0.25) is 0 Å². The van der Waals surface area contributed by atoms with Crippen molar-refractivity contribution in [2.45, 2.75) is 11.8 Å². The standard InChI is InChI=1S/C18H11NO6S/c1-8(20)13-14-9-4-2-3-5-10(9)17(21)11-6-7-12(26(23,24)25)16(15(11)14)19-18(13)22/h2-7,20H,1H3,(H,23,24,25). The monoisotopic (exact) mass is 369 g/mol. The van der Waals surface area contributed by atoms with E-state index in [4.69, 9.17) is 0 Å². The Balaban J connectivity index is 2.66. The molecule has 0 spiro atoms. The number of benzene rings is 2. The minimum absolute atomic E-state index is 0.105. The molecule has 0 aromatic heterocycles. The Hall–Kier alpha value is -3.10. The van der Waals surface area contributed by atoms with Gasteiger partial charge in [0.25, 0.3) is 15.7 Å². The highest BCUT2D eigenvalue weighted by Crippen LogP contribution is 2.23. The molecule has 130 valence electrons. The molecule has 1 aliphatic carbocycles. The fourth-order valence-corrected chi connectivity index (χ4v) is 4.00. The molecule has 0 saturated carbocycles. The molecule has 0 fully saturated rings. The van der Waals surface area contributed by atoms with Crippen molar-refractivity contribution in [3.8, 4) is 0 Å².